The molecule has 0 nitrogen and oxygen atoms in total. The van der Waals surface area contributed by atoms with Gasteiger partial charge in [0.2, 0.25) is 0 Å². The Morgan fingerprint density at radius 3 is 2.83 bits per heavy atom. The molecule has 0 fully saturated rings. The molecule has 0 saturated heterocycles. The van der Waals surface area contributed by atoms with E-state index >= 15 is 0 Å². The van der Waals surface area contributed by atoms with Gasteiger partial charge in [-0.1, -0.05) is 0 Å². The van der Waals surface area contributed by atoms with Crippen LogP contribution in [0, 0.1) is 0 Å². The molecule has 0 aromatic heterocycles. The Morgan fingerprint density at radius 1 is 1.67 bits per heavy atom. The molecule has 0 bridgehead atoms. The van der Waals surface area contributed by atoms with Gasteiger partial charge in [0.1, 0.15) is 0 Å². The molecule has 0 unspecified atom stereocenters. The molecule has 1 heterocycles. The minimum absolute atomic E-state index is 0.534. The molecule has 1 aliphatic heterocycles. The number of alkyl halides is 2. The van der Waals surface area contributed by atoms with E-state index in [2.05, 4.69) is 13.6 Å². The normalized spacial score (nSPS) is 21.3. The summed E-state index contributed by atoms with van der Waals surface area (Å²) < 4.78 is 5.57. The van der Waals surface area contributed by atoms with Gasteiger partial charge in [0.05, 0.1) is 0 Å². The molecule has 0 aliphatic carbocycles. The van der Waals surface area contributed by atoms with Crippen molar-refractivity contribution in [2.75, 3.05) is 8.09 Å². The van der Waals surface area contributed by atoms with Gasteiger partial charge < -0.3 is 0 Å². The van der Waals surface area contributed by atoms with Gasteiger partial charge in [-0.15, -0.1) is 0 Å². The third kappa shape index (κ3) is 2.25. The van der Waals surface area contributed by atoms with E-state index in [0.29, 0.717) is 40.3 Å². The summed E-state index contributed by atoms with van der Waals surface area (Å²) in [6.07, 6.45) is 0. The number of hydrogen-bond acceptors (Lipinski definition) is 1. The molecule has 1 aliphatic rings. The first-order valence-corrected chi connectivity index (χ1v) is 9.43. The molecule has 35 valence electrons. The van der Waals surface area contributed by atoms with E-state index in [1.165, 1.54) is 4.33 Å². The molecule has 0 saturated carbocycles. The van der Waals surface area contributed by atoms with E-state index in [0.717, 1.165) is 0 Å². The molecule has 1 rings (SSSR count). The van der Waals surface area contributed by atoms with E-state index in [1.54, 1.807) is 3.76 Å². The van der Waals surface area contributed by atoms with Crippen LogP contribution in [0.4, 0.5) is 0 Å². The van der Waals surface area contributed by atoms with Gasteiger partial charge in [-0.3, -0.25) is 0 Å². The van der Waals surface area contributed by atoms with Crippen LogP contribution in [0.2, 0.25) is 0 Å². The second-order valence-corrected chi connectivity index (χ2v) is 9.52. The minimum atomic E-state index is 0.534. The standard InChI is InChI=1S/C2H4BI2S/c1-3-5-6-2-4-1/h1-2H2. The topological polar surface area (TPSA) is 0 Å². The summed E-state index contributed by atoms with van der Waals surface area (Å²) in [6, 6.07) is 0. The van der Waals surface area contributed by atoms with Gasteiger partial charge in [-0.25, -0.2) is 0 Å². The van der Waals surface area contributed by atoms with Gasteiger partial charge >= 0.3 is 62.0 Å². The third-order valence-electron chi connectivity index (χ3n) is 0.412. The average molecular weight is 325 g/mol. The van der Waals surface area contributed by atoms with Crippen molar-refractivity contribution in [2.45, 2.75) is 0 Å². The Labute approximate surface area is 61.2 Å². The summed E-state index contributed by atoms with van der Waals surface area (Å²) >= 11 is 1.18. The van der Waals surface area contributed by atoms with Crippen molar-refractivity contribution in [1.29, 1.82) is 0 Å². The van der Waals surface area contributed by atoms with Crippen LogP contribution in [-0.2, 0) is 0 Å². The van der Waals surface area contributed by atoms with E-state index in [1.807, 2.05) is 0 Å². The number of rotatable bonds is 0. The molecule has 0 atom stereocenters. The zero-order valence-corrected chi connectivity index (χ0v) is 8.29. The van der Waals surface area contributed by atoms with Crippen LogP contribution in [0.1, 0.15) is 0 Å². The van der Waals surface area contributed by atoms with Gasteiger partial charge in [0, 0.05) is 0 Å². The van der Waals surface area contributed by atoms with E-state index in [-0.39, 0.29) is 0 Å². The van der Waals surface area contributed by atoms with Crippen molar-refractivity contribution >= 4 is 53.9 Å². The maximum absolute atomic E-state index is 2.51. The fraction of sp³-hybridized carbons (Fsp3) is 1.00. The van der Waals surface area contributed by atoms with E-state index < -0.39 is 0 Å². The second kappa shape index (κ2) is 3.83. The Morgan fingerprint density at radius 2 is 2.67 bits per heavy atom. The fourth-order valence-electron chi connectivity index (χ4n) is 0.207. The van der Waals surface area contributed by atoms with Crippen molar-refractivity contribution in [3.8, 4) is 0 Å². The number of halogens is 2. The molecule has 4 heteroatoms. The molecule has 0 amide bonds. The maximum atomic E-state index is 2.51. The van der Waals surface area contributed by atoms with Crippen LogP contribution in [0.25, 0.3) is 0 Å². The Balaban J connectivity index is 2.26. The Kier molecular flexibility index (Phi) is 3.83. The van der Waals surface area contributed by atoms with Crippen LogP contribution >= 0.6 is 49.2 Å². The van der Waals surface area contributed by atoms with Crippen LogP contribution in [-0.4, -0.2) is 12.8 Å². The predicted molar refractivity (Wildman–Crippen MR) is 51.1 cm³/mol. The summed E-state index contributed by atoms with van der Waals surface area (Å²) in [7, 11) is 2.20. The summed E-state index contributed by atoms with van der Waals surface area (Å²) in [6.45, 7) is 0. The van der Waals surface area contributed by atoms with Crippen molar-refractivity contribution < 1.29 is 0 Å². The first-order chi connectivity index (χ1) is 3.00. The number of hydrogen-bond donors (Lipinski definition) is 0. The first kappa shape index (κ1) is 6.00. The zero-order chi connectivity index (χ0) is 4.24. The summed E-state index contributed by atoms with van der Waals surface area (Å²) in [5.74, 6) is 0. The summed E-state index contributed by atoms with van der Waals surface area (Å²) in [4.78, 5) is 0. The third-order valence-corrected chi connectivity index (χ3v) is 13.0. The van der Waals surface area contributed by atoms with Crippen LogP contribution < -0.4 is 0 Å². The SMILES string of the molecule is B1=ISC[I]C1. The van der Waals surface area contributed by atoms with Gasteiger partial charge in [-0.2, -0.15) is 0 Å². The van der Waals surface area contributed by atoms with Crippen LogP contribution in [0.3, 0.4) is 0 Å². The van der Waals surface area contributed by atoms with E-state index in [9.17, 15) is 0 Å². The Bertz CT molecular complexity index is 56.6. The fourth-order valence-corrected chi connectivity index (χ4v) is 14.0. The molecule has 1 radical (unpaired) electrons. The molecule has 0 aromatic rings. The zero-order valence-electron chi connectivity index (χ0n) is 3.16. The van der Waals surface area contributed by atoms with Gasteiger partial charge in [0.25, 0.3) is 0 Å². The van der Waals surface area contributed by atoms with Gasteiger partial charge in [-0.05, 0) is 0 Å². The summed E-state index contributed by atoms with van der Waals surface area (Å²) in [5, 5.41) is 0. The molecule has 0 spiro atoms. The summed E-state index contributed by atoms with van der Waals surface area (Å²) in [5.41, 5.74) is 0. The van der Waals surface area contributed by atoms with Crippen molar-refractivity contribution in [3.05, 3.63) is 0 Å². The quantitative estimate of drug-likeness (QED) is 0.374. The van der Waals surface area contributed by atoms with Crippen molar-refractivity contribution in [2.24, 2.45) is 0 Å². The Hall–Kier alpha value is 1.87. The van der Waals surface area contributed by atoms with Crippen LogP contribution in [0.5, 0.6) is 0 Å². The average Bonchev–Trinajstić information content (AvgIpc) is 1.72. The predicted octanol–water partition coefficient (Wildman–Crippen LogP) is 2.12. The molecular weight excluding hydrogens is 321 g/mol. The van der Waals surface area contributed by atoms with Gasteiger partial charge in [0.15, 0.2) is 0 Å². The van der Waals surface area contributed by atoms with Crippen molar-refractivity contribution in [1.82, 2.24) is 0 Å². The molecule has 0 N–H and O–H groups in total. The van der Waals surface area contributed by atoms with E-state index in [4.69, 9.17) is 0 Å². The molecule has 6 heavy (non-hydrogen) atoms. The monoisotopic (exact) mass is 325 g/mol. The molecule has 0 aromatic carbocycles. The van der Waals surface area contributed by atoms with Crippen molar-refractivity contribution in [3.63, 3.8) is 0 Å². The molecular formula is C2H4BI2S. The first-order valence-electron chi connectivity index (χ1n) is 1.60. The van der Waals surface area contributed by atoms with Crippen LogP contribution in [0.15, 0.2) is 0 Å². The second-order valence-electron chi connectivity index (χ2n) is 0.805.